The van der Waals surface area contributed by atoms with Crippen molar-refractivity contribution in [2.24, 2.45) is 0 Å². The molecule has 3 nitrogen and oxygen atoms in total. The summed E-state index contributed by atoms with van der Waals surface area (Å²) in [6.07, 6.45) is 3.91. The number of rotatable bonds is 2. The summed E-state index contributed by atoms with van der Waals surface area (Å²) in [6, 6.07) is 4.95. The molecule has 5 heteroatoms. The highest BCUT2D eigenvalue weighted by atomic mass is 35.5. The third-order valence-corrected chi connectivity index (χ3v) is 3.19. The molecular weight excluding hydrogens is 241 g/mol. The quantitative estimate of drug-likeness (QED) is 0.890. The smallest absolute Gasteiger partial charge is 0.134 e. The number of anilines is 1. The molecule has 1 saturated carbocycles. The van der Waals surface area contributed by atoms with Crippen molar-refractivity contribution in [2.45, 2.75) is 18.9 Å². The minimum atomic E-state index is -0.398. The normalized spacial score (nSPS) is 15.2. The average Bonchev–Trinajstić information content (AvgIpc) is 3.04. The first-order chi connectivity index (χ1) is 8.16. The predicted molar refractivity (Wildman–Crippen MR) is 65.3 cm³/mol. The molecule has 0 spiro atoms. The zero-order valence-electron chi connectivity index (χ0n) is 9.03. The number of benzene rings is 1. The third kappa shape index (κ3) is 1.78. The lowest BCUT2D eigenvalue weighted by molar-refractivity contribution is 0.631. The Kier molecular flexibility index (Phi) is 2.33. The molecule has 17 heavy (non-hydrogen) atoms. The first-order valence-electron chi connectivity index (χ1n) is 5.44. The average molecular weight is 252 g/mol. The molecule has 1 aromatic carbocycles. The first-order valence-corrected chi connectivity index (χ1v) is 5.82. The van der Waals surface area contributed by atoms with Crippen molar-refractivity contribution in [3.8, 4) is 11.3 Å². The van der Waals surface area contributed by atoms with Crippen molar-refractivity contribution < 1.29 is 4.39 Å². The Bertz CT molecular complexity index is 575. The van der Waals surface area contributed by atoms with E-state index in [0.717, 1.165) is 12.8 Å². The van der Waals surface area contributed by atoms with Gasteiger partial charge in [0, 0.05) is 16.6 Å². The van der Waals surface area contributed by atoms with Crippen LogP contribution in [0.25, 0.3) is 11.3 Å². The Morgan fingerprint density at radius 1 is 1.41 bits per heavy atom. The van der Waals surface area contributed by atoms with Crippen LogP contribution in [0, 0.1) is 5.82 Å². The standard InChI is InChI=1S/C12H11ClFN3/c13-7-1-4-9(10(14)5-7)11-12(15)17(6-16-11)8-2-3-8/h1,4-6,8H,2-3,15H2. The van der Waals surface area contributed by atoms with Gasteiger partial charge in [-0.15, -0.1) is 0 Å². The Hall–Kier alpha value is -1.55. The van der Waals surface area contributed by atoms with E-state index >= 15 is 0 Å². The van der Waals surface area contributed by atoms with Crippen LogP contribution in [0.15, 0.2) is 24.5 Å². The lowest BCUT2D eigenvalue weighted by Gasteiger charge is -2.04. The number of nitrogens with zero attached hydrogens (tertiary/aromatic N) is 2. The predicted octanol–water partition coefficient (Wildman–Crippen LogP) is 3.26. The van der Waals surface area contributed by atoms with Crippen LogP contribution >= 0.6 is 11.6 Å². The van der Waals surface area contributed by atoms with Crippen molar-refractivity contribution in [3.05, 3.63) is 35.4 Å². The highest BCUT2D eigenvalue weighted by molar-refractivity contribution is 6.30. The van der Waals surface area contributed by atoms with E-state index in [2.05, 4.69) is 4.98 Å². The third-order valence-electron chi connectivity index (χ3n) is 2.96. The maximum atomic E-state index is 13.8. The Morgan fingerprint density at radius 2 is 2.18 bits per heavy atom. The lowest BCUT2D eigenvalue weighted by atomic mass is 10.1. The van der Waals surface area contributed by atoms with Crippen LogP contribution in [0.2, 0.25) is 5.02 Å². The molecule has 0 radical (unpaired) electrons. The second-order valence-corrected chi connectivity index (χ2v) is 4.68. The number of nitrogen functional groups attached to an aromatic ring is 1. The van der Waals surface area contributed by atoms with Crippen molar-refractivity contribution in [3.63, 3.8) is 0 Å². The molecule has 88 valence electrons. The van der Waals surface area contributed by atoms with Crippen LogP contribution in [-0.4, -0.2) is 9.55 Å². The number of nitrogens with two attached hydrogens (primary N) is 1. The summed E-state index contributed by atoms with van der Waals surface area (Å²) in [4.78, 5) is 4.19. The molecule has 0 atom stereocenters. The summed E-state index contributed by atoms with van der Waals surface area (Å²) in [5.74, 6) is 0.124. The van der Waals surface area contributed by atoms with Gasteiger partial charge in [-0.3, -0.25) is 0 Å². The summed E-state index contributed by atoms with van der Waals surface area (Å²) in [5, 5.41) is 0.367. The zero-order chi connectivity index (χ0) is 12.0. The van der Waals surface area contributed by atoms with E-state index < -0.39 is 5.82 Å². The van der Waals surface area contributed by atoms with Crippen LogP contribution in [0.5, 0.6) is 0 Å². The summed E-state index contributed by atoms with van der Waals surface area (Å²) in [6.45, 7) is 0. The van der Waals surface area contributed by atoms with Crippen LogP contribution in [0.4, 0.5) is 10.2 Å². The molecule has 1 aliphatic rings. The van der Waals surface area contributed by atoms with Gasteiger partial charge in [-0.1, -0.05) is 11.6 Å². The number of halogens is 2. The molecule has 0 amide bonds. The molecule has 0 unspecified atom stereocenters. The van der Waals surface area contributed by atoms with Crippen molar-refractivity contribution in [2.75, 3.05) is 5.73 Å². The van der Waals surface area contributed by atoms with Crippen LogP contribution in [0.3, 0.4) is 0 Å². The van der Waals surface area contributed by atoms with E-state index in [4.69, 9.17) is 17.3 Å². The number of imidazole rings is 1. The zero-order valence-corrected chi connectivity index (χ0v) is 9.78. The second-order valence-electron chi connectivity index (χ2n) is 4.24. The van der Waals surface area contributed by atoms with Gasteiger partial charge >= 0.3 is 0 Å². The number of hydrogen-bond donors (Lipinski definition) is 1. The van der Waals surface area contributed by atoms with Gasteiger partial charge in [0.1, 0.15) is 17.3 Å². The van der Waals surface area contributed by atoms with Gasteiger partial charge in [-0.05, 0) is 31.0 Å². The number of hydrogen-bond acceptors (Lipinski definition) is 2. The molecule has 0 aliphatic heterocycles. The molecule has 2 N–H and O–H groups in total. The van der Waals surface area contributed by atoms with E-state index in [1.54, 1.807) is 18.5 Å². The van der Waals surface area contributed by atoms with Crippen LogP contribution < -0.4 is 5.73 Å². The minimum Gasteiger partial charge on any atom is -0.383 e. The van der Waals surface area contributed by atoms with E-state index in [0.29, 0.717) is 28.1 Å². The molecule has 2 aromatic rings. The highest BCUT2D eigenvalue weighted by Crippen LogP contribution is 2.39. The maximum absolute atomic E-state index is 13.8. The molecule has 1 fully saturated rings. The van der Waals surface area contributed by atoms with Gasteiger partial charge in [0.25, 0.3) is 0 Å². The van der Waals surface area contributed by atoms with Crippen molar-refractivity contribution in [1.82, 2.24) is 9.55 Å². The highest BCUT2D eigenvalue weighted by Gasteiger charge is 2.27. The van der Waals surface area contributed by atoms with Gasteiger partial charge in [0.15, 0.2) is 0 Å². The lowest BCUT2D eigenvalue weighted by Crippen LogP contribution is -2.00. The van der Waals surface area contributed by atoms with Gasteiger partial charge < -0.3 is 10.3 Å². The van der Waals surface area contributed by atoms with E-state index in [1.807, 2.05) is 4.57 Å². The van der Waals surface area contributed by atoms with Crippen LogP contribution in [0.1, 0.15) is 18.9 Å². The Morgan fingerprint density at radius 3 is 2.82 bits per heavy atom. The Labute approximate surface area is 103 Å². The maximum Gasteiger partial charge on any atom is 0.134 e. The summed E-state index contributed by atoms with van der Waals surface area (Å²) in [7, 11) is 0. The monoisotopic (exact) mass is 251 g/mol. The summed E-state index contributed by atoms with van der Waals surface area (Å²) in [5.41, 5.74) is 6.87. The van der Waals surface area contributed by atoms with Crippen molar-refractivity contribution >= 4 is 17.4 Å². The summed E-state index contributed by atoms with van der Waals surface area (Å²) >= 11 is 5.71. The molecular formula is C12H11ClFN3. The summed E-state index contributed by atoms with van der Waals surface area (Å²) < 4.78 is 15.7. The fraction of sp³-hybridized carbons (Fsp3) is 0.250. The minimum absolute atomic E-state index is 0.367. The molecule has 1 aromatic heterocycles. The molecule has 0 saturated heterocycles. The molecule has 3 rings (SSSR count). The Balaban J connectivity index is 2.08. The second kappa shape index (κ2) is 3.74. The molecule has 0 bridgehead atoms. The van der Waals surface area contributed by atoms with Gasteiger partial charge in [0.2, 0.25) is 0 Å². The first kappa shape index (κ1) is 10.6. The van der Waals surface area contributed by atoms with Gasteiger partial charge in [0.05, 0.1) is 6.33 Å². The SMILES string of the molecule is Nc1c(-c2ccc(Cl)cc2F)ncn1C1CC1. The largest absolute Gasteiger partial charge is 0.383 e. The van der Waals surface area contributed by atoms with Gasteiger partial charge in [-0.2, -0.15) is 0 Å². The van der Waals surface area contributed by atoms with Crippen LogP contribution in [-0.2, 0) is 0 Å². The number of aromatic nitrogens is 2. The van der Waals surface area contributed by atoms with Crippen molar-refractivity contribution in [1.29, 1.82) is 0 Å². The fourth-order valence-corrected chi connectivity index (χ4v) is 2.06. The van der Waals surface area contributed by atoms with E-state index in [9.17, 15) is 4.39 Å². The molecule has 1 heterocycles. The fourth-order valence-electron chi connectivity index (χ4n) is 1.90. The van der Waals surface area contributed by atoms with Gasteiger partial charge in [-0.25, -0.2) is 9.37 Å². The van der Waals surface area contributed by atoms with E-state index in [-0.39, 0.29) is 0 Å². The topological polar surface area (TPSA) is 43.8 Å². The van der Waals surface area contributed by atoms with E-state index in [1.165, 1.54) is 6.07 Å². The molecule has 1 aliphatic carbocycles.